The predicted molar refractivity (Wildman–Crippen MR) is 125 cm³/mol. The van der Waals surface area contributed by atoms with Gasteiger partial charge in [-0.05, 0) is 38.0 Å². The third-order valence-electron chi connectivity index (χ3n) is 6.96. The Bertz CT molecular complexity index is 884. The molecule has 3 rings (SSSR count). The molecular formula is C23H36N6O7. The average Bonchev–Trinajstić information content (AvgIpc) is 3.53. The maximum atomic E-state index is 13.4. The summed E-state index contributed by atoms with van der Waals surface area (Å²) in [5.74, 6) is -3.26. The van der Waals surface area contributed by atoms with Gasteiger partial charge in [-0.1, -0.05) is 13.8 Å². The Morgan fingerprint density at radius 3 is 2.33 bits per heavy atom. The molecule has 13 heteroatoms. The van der Waals surface area contributed by atoms with Crippen molar-refractivity contribution in [3.63, 3.8) is 0 Å². The lowest BCUT2D eigenvalue weighted by Gasteiger charge is -2.31. The molecule has 13 nitrogen and oxygen atoms in total. The largest absolute Gasteiger partial charge is 0.354 e. The number of nitrogens with zero attached hydrogens (tertiary/aromatic N) is 2. The lowest BCUT2D eigenvalue weighted by molar-refractivity contribution is -0.147. The standard InChI is InChI=1S/C23H36N6O7/c1-13(2)19-22(34)25-14(20(32)24-9-3-8-17(30)27-36)12-18(31)28-10-5-7-16(28)23(35)29-11-4-6-15(29)21(33)26-19/h13-16,19,36H,3-12H2,1-2H3,(H,24,32)(H,25,34)(H,26,33)(H,27,30)/t14-,15+,16-,19+/m1/s1. The third-order valence-corrected chi connectivity index (χ3v) is 6.96. The van der Waals surface area contributed by atoms with Crippen molar-refractivity contribution in [1.29, 1.82) is 0 Å². The molecule has 36 heavy (non-hydrogen) atoms. The molecule has 0 aromatic heterocycles. The summed E-state index contributed by atoms with van der Waals surface area (Å²) in [5, 5.41) is 16.6. The molecule has 0 bridgehead atoms. The van der Waals surface area contributed by atoms with E-state index in [2.05, 4.69) is 16.0 Å². The van der Waals surface area contributed by atoms with Gasteiger partial charge in [0.25, 0.3) is 0 Å². The van der Waals surface area contributed by atoms with Crippen LogP contribution in [0, 0.1) is 5.92 Å². The van der Waals surface area contributed by atoms with Gasteiger partial charge in [0.05, 0.1) is 6.42 Å². The fourth-order valence-corrected chi connectivity index (χ4v) is 5.00. The summed E-state index contributed by atoms with van der Waals surface area (Å²) in [6.07, 6.45) is 2.09. The quantitative estimate of drug-likeness (QED) is 0.163. The van der Waals surface area contributed by atoms with Gasteiger partial charge in [0.15, 0.2) is 0 Å². The van der Waals surface area contributed by atoms with Crippen LogP contribution in [0.1, 0.15) is 58.8 Å². The number of hydroxylamine groups is 1. The maximum absolute atomic E-state index is 13.4. The lowest BCUT2D eigenvalue weighted by Crippen LogP contribution is -2.58. The molecule has 3 heterocycles. The molecule has 0 aromatic rings. The first-order chi connectivity index (χ1) is 17.1. The first kappa shape index (κ1) is 27.4. The fourth-order valence-electron chi connectivity index (χ4n) is 5.00. The molecule has 3 saturated heterocycles. The smallest absolute Gasteiger partial charge is 0.246 e. The molecule has 3 aliphatic rings. The zero-order valence-electron chi connectivity index (χ0n) is 20.7. The van der Waals surface area contributed by atoms with Crippen LogP contribution >= 0.6 is 0 Å². The van der Waals surface area contributed by atoms with Gasteiger partial charge < -0.3 is 25.8 Å². The van der Waals surface area contributed by atoms with Gasteiger partial charge in [0.1, 0.15) is 24.2 Å². The maximum Gasteiger partial charge on any atom is 0.246 e. The van der Waals surface area contributed by atoms with Crippen LogP contribution in [0.5, 0.6) is 0 Å². The predicted octanol–water partition coefficient (Wildman–Crippen LogP) is -1.60. The third kappa shape index (κ3) is 6.31. The normalized spacial score (nSPS) is 27.3. The van der Waals surface area contributed by atoms with Gasteiger partial charge in [-0.2, -0.15) is 0 Å². The zero-order valence-corrected chi connectivity index (χ0v) is 20.7. The van der Waals surface area contributed by atoms with Crippen molar-refractivity contribution in [2.24, 2.45) is 5.92 Å². The Hall–Kier alpha value is -3.22. The molecule has 200 valence electrons. The molecule has 0 unspecified atom stereocenters. The first-order valence-corrected chi connectivity index (χ1v) is 12.5. The zero-order chi connectivity index (χ0) is 26.4. The summed E-state index contributed by atoms with van der Waals surface area (Å²) in [4.78, 5) is 80.0. The second-order valence-corrected chi connectivity index (χ2v) is 9.86. The molecule has 0 saturated carbocycles. The van der Waals surface area contributed by atoms with E-state index in [1.54, 1.807) is 13.8 Å². The van der Waals surface area contributed by atoms with E-state index in [9.17, 15) is 28.8 Å². The monoisotopic (exact) mass is 508 g/mol. The average molecular weight is 509 g/mol. The fraction of sp³-hybridized carbons (Fsp3) is 0.739. The minimum absolute atomic E-state index is 0.0244. The molecular weight excluding hydrogens is 472 g/mol. The number of rotatable bonds is 6. The van der Waals surface area contributed by atoms with Crippen molar-refractivity contribution in [2.45, 2.75) is 83.0 Å². The van der Waals surface area contributed by atoms with E-state index in [1.165, 1.54) is 15.3 Å². The Labute approximate surface area is 209 Å². The van der Waals surface area contributed by atoms with E-state index in [-0.39, 0.29) is 37.6 Å². The van der Waals surface area contributed by atoms with Gasteiger partial charge in [0, 0.05) is 26.1 Å². The van der Waals surface area contributed by atoms with Gasteiger partial charge in [0.2, 0.25) is 35.4 Å². The van der Waals surface area contributed by atoms with Crippen LogP contribution in [0.4, 0.5) is 0 Å². The second kappa shape index (κ2) is 12.2. The SMILES string of the molecule is CC(C)[C@@H]1NC(=O)[C@@H]2CCCN2C(=O)[C@H]2CCCN2C(=O)C[C@H](C(=O)NCCCC(=O)NO)NC1=O. The number of carbonyl (C=O) groups is 6. The summed E-state index contributed by atoms with van der Waals surface area (Å²) in [7, 11) is 0. The highest BCUT2D eigenvalue weighted by molar-refractivity contribution is 5.98. The highest BCUT2D eigenvalue weighted by Crippen LogP contribution is 2.26. The second-order valence-electron chi connectivity index (χ2n) is 9.86. The molecule has 4 atom stereocenters. The number of nitrogens with one attached hydrogen (secondary N) is 4. The summed E-state index contributed by atoms with van der Waals surface area (Å²) >= 11 is 0. The van der Waals surface area contributed by atoms with Crippen LogP contribution in [-0.2, 0) is 28.8 Å². The number of amides is 6. The molecule has 3 aliphatic heterocycles. The topological polar surface area (TPSA) is 177 Å². The van der Waals surface area contributed by atoms with Crippen molar-refractivity contribution >= 4 is 35.4 Å². The Morgan fingerprint density at radius 1 is 1.00 bits per heavy atom. The van der Waals surface area contributed by atoms with Gasteiger partial charge in [-0.25, -0.2) is 5.48 Å². The number of fused-ring (bicyclic) bond motifs is 2. The summed E-state index contributed by atoms with van der Waals surface area (Å²) in [6, 6.07) is -3.61. The number of carbonyl (C=O) groups excluding carboxylic acids is 6. The highest BCUT2D eigenvalue weighted by atomic mass is 16.5. The van der Waals surface area contributed by atoms with Crippen LogP contribution < -0.4 is 21.4 Å². The van der Waals surface area contributed by atoms with Crippen molar-refractivity contribution in [3.8, 4) is 0 Å². The molecule has 0 aromatic carbocycles. The molecule has 5 N–H and O–H groups in total. The van der Waals surface area contributed by atoms with Crippen LogP contribution in [-0.4, -0.2) is 94.3 Å². The molecule has 3 fully saturated rings. The van der Waals surface area contributed by atoms with E-state index in [0.29, 0.717) is 38.8 Å². The van der Waals surface area contributed by atoms with Crippen LogP contribution in [0.15, 0.2) is 0 Å². The van der Waals surface area contributed by atoms with Crippen molar-refractivity contribution in [1.82, 2.24) is 31.2 Å². The van der Waals surface area contributed by atoms with Crippen molar-refractivity contribution in [3.05, 3.63) is 0 Å². The van der Waals surface area contributed by atoms with Crippen LogP contribution in [0.25, 0.3) is 0 Å². The van der Waals surface area contributed by atoms with Crippen LogP contribution in [0.2, 0.25) is 0 Å². The van der Waals surface area contributed by atoms with Crippen molar-refractivity contribution in [2.75, 3.05) is 19.6 Å². The summed E-state index contributed by atoms with van der Waals surface area (Å²) < 4.78 is 0. The summed E-state index contributed by atoms with van der Waals surface area (Å²) in [6.45, 7) is 4.35. The van der Waals surface area contributed by atoms with E-state index in [1.807, 2.05) is 0 Å². The molecule has 0 radical (unpaired) electrons. The minimum Gasteiger partial charge on any atom is -0.354 e. The van der Waals surface area contributed by atoms with E-state index < -0.39 is 53.7 Å². The number of hydrogen-bond donors (Lipinski definition) is 5. The first-order valence-electron chi connectivity index (χ1n) is 12.5. The summed E-state index contributed by atoms with van der Waals surface area (Å²) in [5.41, 5.74) is 1.51. The molecule has 0 aliphatic carbocycles. The molecule has 0 spiro atoms. The van der Waals surface area contributed by atoms with Gasteiger partial charge >= 0.3 is 0 Å². The van der Waals surface area contributed by atoms with E-state index >= 15 is 0 Å². The minimum atomic E-state index is -1.23. The Balaban J connectivity index is 1.84. The van der Waals surface area contributed by atoms with E-state index in [0.717, 1.165) is 0 Å². The van der Waals surface area contributed by atoms with Crippen LogP contribution in [0.3, 0.4) is 0 Å². The van der Waals surface area contributed by atoms with Gasteiger partial charge in [-0.15, -0.1) is 0 Å². The van der Waals surface area contributed by atoms with E-state index in [4.69, 9.17) is 5.21 Å². The Kier molecular flexibility index (Phi) is 9.24. The highest BCUT2D eigenvalue weighted by Gasteiger charge is 2.44. The number of hydrogen-bond acceptors (Lipinski definition) is 7. The Morgan fingerprint density at radius 2 is 1.67 bits per heavy atom. The lowest BCUT2D eigenvalue weighted by atomic mass is 10.0. The van der Waals surface area contributed by atoms with Gasteiger partial charge in [-0.3, -0.25) is 34.0 Å². The molecule has 6 amide bonds. The van der Waals surface area contributed by atoms with Crippen molar-refractivity contribution < 1.29 is 34.0 Å².